The van der Waals surface area contributed by atoms with Crippen LogP contribution in [0.25, 0.3) is 0 Å². The quantitative estimate of drug-likeness (QED) is 0.230. The predicted octanol–water partition coefficient (Wildman–Crippen LogP) is 8.33. The van der Waals surface area contributed by atoms with Crippen LogP contribution in [-0.4, -0.2) is 5.71 Å². The molecule has 0 atom stereocenters. The molecule has 0 fully saturated rings. The zero-order valence-electron chi connectivity index (χ0n) is 21.3. The summed E-state index contributed by atoms with van der Waals surface area (Å²) in [5.74, 6) is 1.73. The molecule has 5 rings (SSSR count). The second-order valence-corrected chi connectivity index (χ2v) is 10.7. The Bertz CT molecular complexity index is 1550. The summed E-state index contributed by atoms with van der Waals surface area (Å²) in [5, 5.41) is 10.2. The van der Waals surface area contributed by atoms with E-state index in [-0.39, 0.29) is 11.5 Å². The smallest absolute Gasteiger partial charge is 0.437 e. The second kappa shape index (κ2) is 10.8. The molecular formula is C31H26N3O3P. The van der Waals surface area contributed by atoms with Crippen LogP contribution in [0.15, 0.2) is 124 Å². The van der Waals surface area contributed by atoms with Gasteiger partial charge < -0.3 is 13.8 Å². The third-order valence-corrected chi connectivity index (χ3v) is 7.56. The average molecular weight is 520 g/mol. The molecule has 0 amide bonds. The van der Waals surface area contributed by atoms with Crippen LogP contribution in [0.4, 0.5) is 0 Å². The van der Waals surface area contributed by atoms with E-state index in [0.717, 1.165) is 22.3 Å². The minimum Gasteiger partial charge on any atom is -0.437 e. The number of ether oxygens (including phenoxy) is 1. The fourth-order valence-electron chi connectivity index (χ4n) is 3.73. The zero-order valence-corrected chi connectivity index (χ0v) is 22.2. The van der Waals surface area contributed by atoms with Crippen molar-refractivity contribution in [3.05, 3.63) is 137 Å². The summed E-state index contributed by atoms with van der Waals surface area (Å²) in [6.45, 7) is 6.00. The van der Waals surface area contributed by atoms with Crippen molar-refractivity contribution in [2.45, 2.75) is 20.8 Å². The molecule has 0 saturated heterocycles. The largest absolute Gasteiger partial charge is 0.452 e. The first kappa shape index (κ1) is 25.1. The Hall–Kier alpha value is -4.59. The highest BCUT2D eigenvalue weighted by Gasteiger charge is 2.35. The standard InChI is InChI=1S/C31H26N3O3P/c1-22-9-15-26(16-10-22)35-31-29(21-32)30(25-7-5-4-6-8-25)33-38(34-31,36-27-17-11-23(2)12-18-27)37-28-19-13-24(3)14-20-28/h4-20H,1-3H3. The lowest BCUT2D eigenvalue weighted by Gasteiger charge is -2.26. The fourth-order valence-corrected chi connectivity index (χ4v) is 5.60. The number of hydrogen-bond donors (Lipinski definition) is 0. The first-order chi connectivity index (χ1) is 18.4. The van der Waals surface area contributed by atoms with E-state index in [1.165, 1.54) is 0 Å². The summed E-state index contributed by atoms with van der Waals surface area (Å²) in [4.78, 5) is 0. The predicted molar refractivity (Wildman–Crippen MR) is 150 cm³/mol. The molecule has 0 aromatic heterocycles. The van der Waals surface area contributed by atoms with Crippen molar-refractivity contribution in [3.63, 3.8) is 0 Å². The Morgan fingerprint density at radius 1 is 0.632 bits per heavy atom. The minimum atomic E-state index is -3.46. The molecule has 4 aromatic carbocycles. The van der Waals surface area contributed by atoms with Gasteiger partial charge in [0.05, 0.1) is 0 Å². The van der Waals surface area contributed by atoms with Crippen molar-refractivity contribution in [3.8, 4) is 23.3 Å². The number of nitriles is 1. The lowest BCUT2D eigenvalue weighted by atomic mass is 10.0. The van der Waals surface area contributed by atoms with Crippen LogP contribution >= 0.6 is 7.66 Å². The molecule has 0 saturated carbocycles. The number of benzene rings is 4. The van der Waals surface area contributed by atoms with Crippen molar-refractivity contribution in [1.82, 2.24) is 0 Å². The van der Waals surface area contributed by atoms with Gasteiger partial charge in [0, 0.05) is 5.56 Å². The number of allylic oxidation sites excluding steroid dienone is 1. The molecule has 0 N–H and O–H groups in total. The summed E-state index contributed by atoms with van der Waals surface area (Å²) in [6, 6.07) is 34.5. The van der Waals surface area contributed by atoms with Crippen LogP contribution < -0.4 is 13.8 Å². The molecule has 7 heteroatoms. The van der Waals surface area contributed by atoms with E-state index in [2.05, 4.69) is 6.07 Å². The van der Waals surface area contributed by atoms with E-state index < -0.39 is 7.66 Å². The summed E-state index contributed by atoms with van der Waals surface area (Å²) < 4.78 is 28.9. The molecule has 4 aromatic rings. The van der Waals surface area contributed by atoms with Gasteiger partial charge in [0.15, 0.2) is 0 Å². The lowest BCUT2D eigenvalue weighted by molar-refractivity contribution is 0.408. The lowest BCUT2D eigenvalue weighted by Crippen LogP contribution is -2.16. The Labute approximate surface area is 222 Å². The van der Waals surface area contributed by atoms with Crippen molar-refractivity contribution in [1.29, 1.82) is 5.26 Å². The Morgan fingerprint density at radius 2 is 1.11 bits per heavy atom. The van der Waals surface area contributed by atoms with Gasteiger partial charge in [-0.15, -0.1) is 4.74 Å². The van der Waals surface area contributed by atoms with Crippen LogP contribution in [0.1, 0.15) is 22.3 Å². The summed E-state index contributed by atoms with van der Waals surface area (Å²) in [5.41, 5.74) is 4.60. The summed E-state index contributed by atoms with van der Waals surface area (Å²) in [6.07, 6.45) is 0. The van der Waals surface area contributed by atoms with Gasteiger partial charge in [-0.1, -0.05) is 83.4 Å². The molecule has 188 valence electrons. The average Bonchev–Trinajstić information content (AvgIpc) is 2.93. The van der Waals surface area contributed by atoms with Crippen LogP contribution in [0.5, 0.6) is 17.2 Å². The molecule has 0 unspecified atom stereocenters. The molecule has 6 nitrogen and oxygen atoms in total. The first-order valence-corrected chi connectivity index (χ1v) is 13.7. The molecule has 0 aliphatic carbocycles. The molecule has 0 spiro atoms. The van der Waals surface area contributed by atoms with E-state index in [4.69, 9.17) is 23.3 Å². The number of aryl methyl sites for hydroxylation is 3. The second-order valence-electron chi connectivity index (χ2n) is 8.92. The Balaban J connectivity index is 1.72. The highest BCUT2D eigenvalue weighted by Crippen LogP contribution is 2.57. The Morgan fingerprint density at radius 3 is 1.58 bits per heavy atom. The maximum atomic E-state index is 10.2. The molecule has 1 aliphatic rings. The molecular weight excluding hydrogens is 493 g/mol. The van der Waals surface area contributed by atoms with E-state index >= 15 is 0 Å². The zero-order chi connectivity index (χ0) is 26.5. The topological polar surface area (TPSA) is 76.2 Å². The molecule has 0 bridgehead atoms. The van der Waals surface area contributed by atoms with Gasteiger partial charge in [0.25, 0.3) is 0 Å². The van der Waals surface area contributed by atoms with Crippen LogP contribution in [-0.2, 0) is 0 Å². The number of nitrogens with zero attached hydrogens (tertiary/aromatic N) is 3. The van der Waals surface area contributed by atoms with E-state index in [9.17, 15) is 5.26 Å². The maximum absolute atomic E-state index is 10.2. The monoisotopic (exact) mass is 519 g/mol. The molecule has 1 heterocycles. The van der Waals surface area contributed by atoms with Gasteiger partial charge in [-0.05, 0) is 57.2 Å². The van der Waals surface area contributed by atoms with E-state index in [1.54, 1.807) is 0 Å². The first-order valence-electron chi connectivity index (χ1n) is 12.1. The third-order valence-electron chi connectivity index (χ3n) is 5.78. The van der Waals surface area contributed by atoms with E-state index in [0.29, 0.717) is 23.0 Å². The van der Waals surface area contributed by atoms with Gasteiger partial charge in [-0.2, -0.15) is 10.0 Å². The summed E-state index contributed by atoms with van der Waals surface area (Å²) >= 11 is 0. The van der Waals surface area contributed by atoms with Gasteiger partial charge >= 0.3 is 7.66 Å². The van der Waals surface area contributed by atoms with Crippen molar-refractivity contribution >= 4 is 13.4 Å². The van der Waals surface area contributed by atoms with Gasteiger partial charge in [0.1, 0.15) is 34.6 Å². The highest BCUT2D eigenvalue weighted by molar-refractivity contribution is 7.56. The normalized spacial score (nSPS) is 14.1. The third kappa shape index (κ3) is 5.70. The van der Waals surface area contributed by atoms with E-state index in [1.807, 2.05) is 124 Å². The molecule has 38 heavy (non-hydrogen) atoms. The molecule has 1 aliphatic heterocycles. The van der Waals surface area contributed by atoms with Gasteiger partial charge in [-0.3, -0.25) is 0 Å². The maximum Gasteiger partial charge on any atom is 0.452 e. The van der Waals surface area contributed by atoms with Crippen molar-refractivity contribution in [2.75, 3.05) is 0 Å². The van der Waals surface area contributed by atoms with Crippen molar-refractivity contribution in [2.24, 2.45) is 9.51 Å². The molecule has 0 radical (unpaired) electrons. The minimum absolute atomic E-state index is 0.0952. The Kier molecular flexibility index (Phi) is 7.13. The van der Waals surface area contributed by atoms with Gasteiger partial charge in [-0.25, -0.2) is 0 Å². The number of rotatable bonds is 7. The van der Waals surface area contributed by atoms with Gasteiger partial charge in [0.2, 0.25) is 5.88 Å². The highest BCUT2D eigenvalue weighted by atomic mass is 31.2. The van der Waals surface area contributed by atoms with Crippen LogP contribution in [0.2, 0.25) is 0 Å². The van der Waals surface area contributed by atoms with Crippen molar-refractivity contribution < 1.29 is 13.8 Å². The van der Waals surface area contributed by atoms with Crippen LogP contribution in [0.3, 0.4) is 0 Å². The SMILES string of the molecule is Cc1ccc(OC2=C(C#N)C(c3ccccc3)=NP(Oc3ccc(C)cc3)(Oc3ccc(C)cc3)=N2)cc1. The number of hydrogen-bond acceptors (Lipinski definition) is 6. The summed E-state index contributed by atoms with van der Waals surface area (Å²) in [7, 11) is -3.46. The fraction of sp³-hybridized carbons (Fsp3) is 0.0968. The van der Waals surface area contributed by atoms with Crippen LogP contribution in [0, 0.1) is 32.1 Å².